The zero-order valence-corrected chi connectivity index (χ0v) is 12.8. The van der Waals surface area contributed by atoms with Gasteiger partial charge in [0.25, 0.3) is 0 Å². The Morgan fingerprint density at radius 3 is 2.86 bits per heavy atom. The first kappa shape index (κ1) is 15.4. The molecule has 0 fully saturated rings. The summed E-state index contributed by atoms with van der Waals surface area (Å²) in [6, 6.07) is -0.434. The lowest BCUT2D eigenvalue weighted by Gasteiger charge is -2.11. The Morgan fingerprint density at radius 1 is 1.43 bits per heavy atom. The molecule has 2 rings (SSSR count). The number of thiazole rings is 2. The normalized spacial score (nSPS) is 11.9. The van der Waals surface area contributed by atoms with Gasteiger partial charge in [-0.2, -0.15) is 0 Å². The van der Waals surface area contributed by atoms with Gasteiger partial charge in [0.05, 0.1) is 11.0 Å². The lowest BCUT2D eigenvalue weighted by Crippen LogP contribution is -2.38. The number of carboxylic acids is 1. The van der Waals surface area contributed by atoms with Crippen LogP contribution in [0.25, 0.3) is 0 Å². The second-order valence-corrected chi connectivity index (χ2v) is 6.04. The predicted molar refractivity (Wildman–Crippen MR) is 79.8 cm³/mol. The molecule has 0 saturated heterocycles. The zero-order valence-electron chi connectivity index (χ0n) is 11.2. The van der Waals surface area contributed by atoms with Crippen molar-refractivity contribution in [1.29, 1.82) is 0 Å². The van der Waals surface area contributed by atoms with Crippen LogP contribution in [0.1, 0.15) is 33.5 Å². The van der Waals surface area contributed by atoms with Crippen LogP contribution in [-0.4, -0.2) is 33.6 Å². The van der Waals surface area contributed by atoms with Gasteiger partial charge in [-0.1, -0.05) is 0 Å². The zero-order chi connectivity index (χ0) is 15.2. The second-order valence-electron chi connectivity index (χ2n) is 4.17. The molecule has 2 aromatic rings. The molecule has 9 heteroatoms. The van der Waals surface area contributed by atoms with Crippen LogP contribution in [-0.2, 0) is 6.42 Å². The molecule has 0 saturated carbocycles. The number of hydrogen-bond donors (Lipinski definition) is 3. The quantitative estimate of drug-likeness (QED) is 0.752. The highest BCUT2D eigenvalue weighted by Gasteiger charge is 2.12. The number of amides is 2. The van der Waals surface area contributed by atoms with Crippen molar-refractivity contribution >= 4 is 34.7 Å². The second kappa shape index (κ2) is 7.14. The smallest absolute Gasteiger partial charge is 0.355 e. The fraction of sp³-hybridized carbons (Fsp3) is 0.333. The Balaban J connectivity index is 1.72. The van der Waals surface area contributed by atoms with E-state index in [1.54, 1.807) is 6.20 Å². The molecular weight excluding hydrogens is 312 g/mol. The van der Waals surface area contributed by atoms with Crippen LogP contribution >= 0.6 is 22.7 Å². The fourth-order valence-electron chi connectivity index (χ4n) is 1.56. The number of urea groups is 1. The number of rotatable bonds is 6. The summed E-state index contributed by atoms with van der Waals surface area (Å²) in [5.41, 5.74) is 0.0387. The van der Waals surface area contributed by atoms with E-state index in [9.17, 15) is 9.59 Å². The van der Waals surface area contributed by atoms with E-state index in [1.165, 1.54) is 28.1 Å². The molecule has 0 aliphatic heterocycles. The molecule has 2 aromatic heterocycles. The van der Waals surface area contributed by atoms with Crippen LogP contribution in [0, 0.1) is 0 Å². The molecule has 7 nitrogen and oxygen atoms in total. The Morgan fingerprint density at radius 2 is 2.24 bits per heavy atom. The lowest BCUT2D eigenvalue weighted by molar-refractivity contribution is 0.0691. The number of carboxylic acid groups (broad SMARTS) is 1. The van der Waals surface area contributed by atoms with E-state index in [2.05, 4.69) is 20.6 Å². The van der Waals surface area contributed by atoms with E-state index >= 15 is 0 Å². The third-order valence-corrected chi connectivity index (χ3v) is 4.43. The first-order chi connectivity index (χ1) is 10.1. The summed E-state index contributed by atoms with van der Waals surface area (Å²) in [6.45, 7) is 2.25. The van der Waals surface area contributed by atoms with E-state index in [4.69, 9.17) is 5.11 Å². The molecular formula is C12H14N4O3S2. The summed E-state index contributed by atoms with van der Waals surface area (Å²) in [5, 5.41) is 19.1. The SMILES string of the molecule is CC(NC(=O)NCCc1nc(C(=O)O)cs1)c1nccs1. The molecule has 2 heterocycles. The van der Waals surface area contributed by atoms with Crippen molar-refractivity contribution in [2.24, 2.45) is 0 Å². The third-order valence-electron chi connectivity index (χ3n) is 2.56. The molecule has 1 unspecified atom stereocenters. The van der Waals surface area contributed by atoms with Crippen molar-refractivity contribution in [2.45, 2.75) is 19.4 Å². The third kappa shape index (κ3) is 4.50. The van der Waals surface area contributed by atoms with Crippen LogP contribution in [0.5, 0.6) is 0 Å². The topological polar surface area (TPSA) is 104 Å². The van der Waals surface area contributed by atoms with Crippen molar-refractivity contribution < 1.29 is 14.7 Å². The van der Waals surface area contributed by atoms with Crippen molar-refractivity contribution in [1.82, 2.24) is 20.6 Å². The predicted octanol–water partition coefficient (Wildman–Crippen LogP) is 1.90. The number of nitrogens with zero attached hydrogens (tertiary/aromatic N) is 2. The molecule has 0 bridgehead atoms. The number of nitrogens with one attached hydrogen (secondary N) is 2. The van der Waals surface area contributed by atoms with E-state index in [1.807, 2.05) is 12.3 Å². The van der Waals surface area contributed by atoms with Gasteiger partial charge in [-0.15, -0.1) is 22.7 Å². The summed E-state index contributed by atoms with van der Waals surface area (Å²) >= 11 is 2.75. The van der Waals surface area contributed by atoms with E-state index < -0.39 is 5.97 Å². The fourth-order valence-corrected chi connectivity index (χ4v) is 2.98. The minimum absolute atomic E-state index is 0.0387. The summed E-state index contributed by atoms with van der Waals surface area (Å²) in [7, 11) is 0. The minimum atomic E-state index is -1.04. The molecule has 0 radical (unpaired) electrons. The number of aromatic carboxylic acids is 1. The monoisotopic (exact) mass is 326 g/mol. The Labute approximate surface area is 129 Å². The van der Waals surface area contributed by atoms with Gasteiger partial charge < -0.3 is 15.7 Å². The highest BCUT2D eigenvalue weighted by atomic mass is 32.1. The highest BCUT2D eigenvalue weighted by Crippen LogP contribution is 2.14. The summed E-state index contributed by atoms with van der Waals surface area (Å²) in [6.07, 6.45) is 2.19. The van der Waals surface area contributed by atoms with Gasteiger partial charge in [-0.3, -0.25) is 0 Å². The van der Waals surface area contributed by atoms with Crippen LogP contribution in [0.15, 0.2) is 17.0 Å². The summed E-state index contributed by atoms with van der Waals surface area (Å²) in [4.78, 5) is 30.5. The molecule has 0 aromatic carbocycles. The molecule has 1 atom stereocenters. The standard InChI is InChI=1S/C12H14N4O3S2/c1-7(10-13-4-5-20-10)15-12(19)14-3-2-9-16-8(6-21-9)11(17)18/h4-7H,2-3H2,1H3,(H,17,18)(H2,14,15,19). The van der Waals surface area contributed by atoms with Crippen molar-refractivity contribution in [3.8, 4) is 0 Å². The lowest BCUT2D eigenvalue weighted by atomic mass is 10.3. The minimum Gasteiger partial charge on any atom is -0.476 e. The van der Waals surface area contributed by atoms with Crippen molar-refractivity contribution in [3.05, 3.63) is 32.7 Å². The van der Waals surface area contributed by atoms with Gasteiger partial charge in [0.15, 0.2) is 5.69 Å². The molecule has 112 valence electrons. The van der Waals surface area contributed by atoms with E-state index in [0.717, 1.165) is 5.01 Å². The van der Waals surface area contributed by atoms with Gasteiger partial charge >= 0.3 is 12.0 Å². The molecule has 0 spiro atoms. The van der Waals surface area contributed by atoms with E-state index in [0.29, 0.717) is 18.0 Å². The molecule has 0 aliphatic rings. The summed E-state index contributed by atoms with van der Waals surface area (Å²) in [5.74, 6) is -1.04. The van der Waals surface area contributed by atoms with Gasteiger partial charge in [0.2, 0.25) is 0 Å². The van der Waals surface area contributed by atoms with Crippen LogP contribution in [0.3, 0.4) is 0 Å². The Kier molecular flexibility index (Phi) is 5.23. The largest absolute Gasteiger partial charge is 0.476 e. The average molecular weight is 326 g/mol. The summed E-state index contributed by atoms with van der Waals surface area (Å²) < 4.78 is 0. The van der Waals surface area contributed by atoms with Gasteiger partial charge in [-0.05, 0) is 6.92 Å². The maximum absolute atomic E-state index is 11.7. The average Bonchev–Trinajstić information content (AvgIpc) is 3.10. The molecule has 21 heavy (non-hydrogen) atoms. The first-order valence-electron chi connectivity index (χ1n) is 6.17. The van der Waals surface area contributed by atoms with E-state index in [-0.39, 0.29) is 17.8 Å². The molecule has 3 N–H and O–H groups in total. The number of aromatic nitrogens is 2. The van der Waals surface area contributed by atoms with Gasteiger partial charge in [0.1, 0.15) is 5.01 Å². The van der Waals surface area contributed by atoms with Crippen molar-refractivity contribution in [3.63, 3.8) is 0 Å². The van der Waals surface area contributed by atoms with Crippen LogP contribution in [0.4, 0.5) is 4.79 Å². The Bertz CT molecular complexity index is 612. The van der Waals surface area contributed by atoms with Crippen molar-refractivity contribution in [2.75, 3.05) is 6.54 Å². The van der Waals surface area contributed by atoms with Crippen LogP contribution in [0.2, 0.25) is 0 Å². The number of carbonyl (C=O) groups excluding carboxylic acids is 1. The maximum Gasteiger partial charge on any atom is 0.355 e. The molecule has 0 aliphatic carbocycles. The number of hydrogen-bond acceptors (Lipinski definition) is 6. The first-order valence-corrected chi connectivity index (χ1v) is 7.93. The maximum atomic E-state index is 11.7. The number of carbonyl (C=O) groups is 2. The van der Waals surface area contributed by atoms with Gasteiger partial charge in [0, 0.05) is 29.9 Å². The Hall–Kier alpha value is -2.00. The highest BCUT2D eigenvalue weighted by molar-refractivity contribution is 7.10. The van der Waals surface area contributed by atoms with Gasteiger partial charge in [-0.25, -0.2) is 19.6 Å². The van der Waals surface area contributed by atoms with Crippen LogP contribution < -0.4 is 10.6 Å². The molecule has 2 amide bonds.